The van der Waals surface area contributed by atoms with Crippen molar-refractivity contribution >= 4 is 17.6 Å². The third-order valence-corrected chi connectivity index (χ3v) is 3.46. The number of carbonyl (C=O) groups is 1. The summed E-state index contributed by atoms with van der Waals surface area (Å²) in [6, 6.07) is 8.01. The molecule has 4 heteroatoms. The van der Waals surface area contributed by atoms with E-state index in [1.54, 1.807) is 0 Å². The second-order valence-corrected chi connectivity index (χ2v) is 5.48. The van der Waals surface area contributed by atoms with Crippen molar-refractivity contribution in [1.29, 1.82) is 0 Å². The molecule has 2 rings (SSSR count). The Kier molecular flexibility index (Phi) is 3.93. The summed E-state index contributed by atoms with van der Waals surface area (Å²) in [5.74, 6) is -0.218. The molecule has 0 amide bonds. The first-order valence-electron chi connectivity index (χ1n) is 6.14. The molecular weight excluding hydrogens is 250 g/mol. The predicted molar refractivity (Wildman–Crippen MR) is 71.7 cm³/mol. The zero-order valence-corrected chi connectivity index (χ0v) is 11.5. The van der Waals surface area contributed by atoms with Crippen LogP contribution in [-0.4, -0.2) is 24.7 Å². The number of esters is 1. The molecule has 1 aliphatic carbocycles. The van der Waals surface area contributed by atoms with Gasteiger partial charge in [0.1, 0.15) is 5.54 Å². The fraction of sp³-hybridized carbons (Fsp3) is 0.500. The van der Waals surface area contributed by atoms with E-state index in [1.807, 2.05) is 31.2 Å². The summed E-state index contributed by atoms with van der Waals surface area (Å²) in [6.45, 7) is 1.89. The maximum absolute atomic E-state index is 12.0. The van der Waals surface area contributed by atoms with Gasteiger partial charge in [-0.05, 0) is 37.5 Å². The molecule has 0 saturated heterocycles. The second-order valence-electron chi connectivity index (χ2n) is 5.05. The van der Waals surface area contributed by atoms with Crippen molar-refractivity contribution in [2.45, 2.75) is 37.8 Å². The van der Waals surface area contributed by atoms with Gasteiger partial charge >= 0.3 is 5.97 Å². The minimum Gasteiger partial charge on any atom is -0.468 e. The van der Waals surface area contributed by atoms with E-state index in [9.17, 15) is 4.79 Å². The number of hydrogen-bond acceptors (Lipinski definition) is 3. The summed E-state index contributed by atoms with van der Waals surface area (Å²) in [5, 5.41) is 4.08. The van der Waals surface area contributed by atoms with Gasteiger partial charge in [0, 0.05) is 17.5 Å². The first-order valence-corrected chi connectivity index (χ1v) is 6.52. The highest BCUT2D eigenvalue weighted by atomic mass is 35.5. The van der Waals surface area contributed by atoms with Crippen molar-refractivity contribution in [2.24, 2.45) is 0 Å². The number of halogens is 1. The maximum atomic E-state index is 12.0. The fourth-order valence-corrected chi connectivity index (χ4v) is 2.22. The summed E-state index contributed by atoms with van der Waals surface area (Å²) < 4.78 is 4.91. The molecule has 1 saturated carbocycles. The Balaban J connectivity index is 2.13. The van der Waals surface area contributed by atoms with Gasteiger partial charge in [0.25, 0.3) is 0 Å². The Morgan fingerprint density at radius 2 is 2.06 bits per heavy atom. The van der Waals surface area contributed by atoms with Crippen molar-refractivity contribution in [1.82, 2.24) is 5.32 Å². The average Bonchev–Trinajstić information content (AvgIpc) is 3.14. The predicted octanol–water partition coefficient (Wildman–Crippen LogP) is 2.57. The molecule has 1 N–H and O–H groups in total. The maximum Gasteiger partial charge on any atom is 0.326 e. The molecule has 1 atom stereocenters. The van der Waals surface area contributed by atoms with Crippen molar-refractivity contribution in [3.63, 3.8) is 0 Å². The van der Waals surface area contributed by atoms with Crippen LogP contribution in [0, 0.1) is 0 Å². The van der Waals surface area contributed by atoms with E-state index in [1.165, 1.54) is 7.11 Å². The van der Waals surface area contributed by atoms with Gasteiger partial charge in [-0.15, -0.1) is 0 Å². The van der Waals surface area contributed by atoms with Crippen molar-refractivity contribution in [2.75, 3.05) is 7.11 Å². The highest BCUT2D eigenvalue weighted by molar-refractivity contribution is 6.30. The van der Waals surface area contributed by atoms with Gasteiger partial charge in [-0.3, -0.25) is 10.1 Å². The SMILES string of the molecule is COC(=O)C(C)(Cc1ccc(Cl)cc1)NC1CC1. The van der Waals surface area contributed by atoms with Crippen LogP contribution in [0.2, 0.25) is 5.02 Å². The first kappa shape index (κ1) is 13.4. The minimum absolute atomic E-state index is 0.218. The van der Waals surface area contributed by atoms with E-state index in [-0.39, 0.29) is 5.97 Å². The first-order chi connectivity index (χ1) is 8.53. The van der Waals surface area contributed by atoms with E-state index in [0.717, 1.165) is 18.4 Å². The van der Waals surface area contributed by atoms with Crippen LogP contribution in [0.5, 0.6) is 0 Å². The molecule has 0 radical (unpaired) electrons. The van der Waals surface area contributed by atoms with Crippen LogP contribution in [0.3, 0.4) is 0 Å². The lowest BCUT2D eigenvalue weighted by Crippen LogP contribution is -2.52. The lowest BCUT2D eigenvalue weighted by molar-refractivity contribution is -0.148. The van der Waals surface area contributed by atoms with E-state index < -0.39 is 5.54 Å². The Morgan fingerprint density at radius 1 is 1.44 bits per heavy atom. The molecule has 0 aromatic heterocycles. The summed E-state index contributed by atoms with van der Waals surface area (Å²) in [6.07, 6.45) is 2.87. The zero-order valence-electron chi connectivity index (χ0n) is 10.7. The molecule has 98 valence electrons. The smallest absolute Gasteiger partial charge is 0.326 e. The number of carbonyl (C=O) groups excluding carboxylic acids is 1. The molecule has 0 aliphatic heterocycles. The van der Waals surface area contributed by atoms with Gasteiger partial charge in [0.15, 0.2) is 0 Å². The Bertz CT molecular complexity index is 428. The molecule has 0 bridgehead atoms. The third kappa shape index (κ3) is 3.24. The second kappa shape index (κ2) is 5.29. The Labute approximate surface area is 112 Å². The van der Waals surface area contributed by atoms with Crippen LogP contribution in [0.4, 0.5) is 0 Å². The van der Waals surface area contributed by atoms with E-state index in [4.69, 9.17) is 16.3 Å². The number of hydrogen-bond donors (Lipinski definition) is 1. The zero-order chi connectivity index (χ0) is 13.2. The summed E-state index contributed by atoms with van der Waals surface area (Å²) in [5.41, 5.74) is 0.407. The summed E-state index contributed by atoms with van der Waals surface area (Å²) in [7, 11) is 1.43. The molecule has 0 spiro atoms. The number of methoxy groups -OCH3 is 1. The molecule has 1 aromatic rings. The quantitative estimate of drug-likeness (QED) is 0.834. The van der Waals surface area contributed by atoms with Crippen LogP contribution in [0.15, 0.2) is 24.3 Å². The topological polar surface area (TPSA) is 38.3 Å². The minimum atomic E-state index is -0.663. The number of nitrogens with one attached hydrogen (secondary N) is 1. The van der Waals surface area contributed by atoms with Gasteiger partial charge in [0.2, 0.25) is 0 Å². The van der Waals surface area contributed by atoms with Crippen molar-refractivity contribution < 1.29 is 9.53 Å². The Morgan fingerprint density at radius 3 is 2.56 bits per heavy atom. The van der Waals surface area contributed by atoms with Gasteiger partial charge < -0.3 is 4.74 Å². The fourth-order valence-electron chi connectivity index (χ4n) is 2.10. The largest absolute Gasteiger partial charge is 0.468 e. The highest BCUT2D eigenvalue weighted by Gasteiger charge is 2.39. The van der Waals surface area contributed by atoms with Crippen LogP contribution >= 0.6 is 11.6 Å². The third-order valence-electron chi connectivity index (χ3n) is 3.21. The molecule has 0 heterocycles. The van der Waals surface area contributed by atoms with E-state index in [0.29, 0.717) is 17.5 Å². The molecular formula is C14H18ClNO2. The highest BCUT2D eigenvalue weighted by Crippen LogP contribution is 2.25. The van der Waals surface area contributed by atoms with E-state index in [2.05, 4.69) is 5.32 Å². The standard InChI is InChI=1S/C14H18ClNO2/c1-14(13(17)18-2,16-12-7-8-12)9-10-3-5-11(15)6-4-10/h3-6,12,16H,7-9H2,1-2H3. The van der Waals surface area contributed by atoms with Crippen LogP contribution in [0.25, 0.3) is 0 Å². The molecule has 1 unspecified atom stereocenters. The number of benzene rings is 1. The summed E-state index contributed by atoms with van der Waals surface area (Å²) in [4.78, 5) is 12.0. The number of ether oxygens (including phenoxy) is 1. The molecule has 1 aromatic carbocycles. The molecule has 1 aliphatic rings. The monoisotopic (exact) mass is 267 g/mol. The average molecular weight is 268 g/mol. The van der Waals surface area contributed by atoms with E-state index >= 15 is 0 Å². The molecule has 18 heavy (non-hydrogen) atoms. The van der Waals surface area contributed by atoms with Gasteiger partial charge in [0.05, 0.1) is 7.11 Å². The number of rotatable bonds is 5. The lowest BCUT2D eigenvalue weighted by atomic mass is 9.92. The van der Waals surface area contributed by atoms with Gasteiger partial charge in [-0.25, -0.2) is 0 Å². The molecule has 3 nitrogen and oxygen atoms in total. The van der Waals surface area contributed by atoms with Gasteiger partial charge in [-0.2, -0.15) is 0 Å². The lowest BCUT2D eigenvalue weighted by Gasteiger charge is -2.28. The normalized spacial score (nSPS) is 18.2. The van der Waals surface area contributed by atoms with Gasteiger partial charge in [-0.1, -0.05) is 23.7 Å². The summed E-state index contributed by atoms with van der Waals surface area (Å²) >= 11 is 5.86. The van der Waals surface area contributed by atoms with Crippen molar-refractivity contribution in [3.8, 4) is 0 Å². The van der Waals surface area contributed by atoms with Crippen LogP contribution in [-0.2, 0) is 16.0 Å². The van der Waals surface area contributed by atoms with Crippen molar-refractivity contribution in [3.05, 3.63) is 34.9 Å². The van der Waals surface area contributed by atoms with Crippen LogP contribution in [0.1, 0.15) is 25.3 Å². The van der Waals surface area contributed by atoms with Crippen LogP contribution < -0.4 is 5.32 Å². The molecule has 1 fully saturated rings. The Hall–Kier alpha value is -1.06.